The highest BCUT2D eigenvalue weighted by Crippen LogP contribution is 2.33. The molecular formula is C15H17F3N2O2S. The van der Waals surface area contributed by atoms with Gasteiger partial charge in [0.2, 0.25) is 10.0 Å². The molecule has 0 atom stereocenters. The number of rotatable bonds is 5. The van der Waals surface area contributed by atoms with E-state index in [1.54, 1.807) is 42.9 Å². The SMILES string of the molecule is CC(C)CS(=O)(=O)Nc1cc(C(F)(F)F)ccc1-n1cccc1. The molecule has 1 aromatic heterocycles. The van der Waals surface area contributed by atoms with Crippen molar-refractivity contribution in [3.05, 3.63) is 48.3 Å². The Kier molecular flexibility index (Phi) is 4.74. The van der Waals surface area contributed by atoms with E-state index in [9.17, 15) is 21.6 Å². The van der Waals surface area contributed by atoms with Gasteiger partial charge in [0.25, 0.3) is 0 Å². The van der Waals surface area contributed by atoms with Crippen molar-refractivity contribution >= 4 is 15.7 Å². The molecule has 0 saturated carbocycles. The molecule has 1 aromatic carbocycles. The van der Waals surface area contributed by atoms with Crippen molar-refractivity contribution in [1.29, 1.82) is 0 Å². The number of benzene rings is 1. The smallest absolute Gasteiger partial charge is 0.322 e. The summed E-state index contributed by atoms with van der Waals surface area (Å²) in [6.07, 6.45) is -1.29. The Morgan fingerprint density at radius 1 is 1.17 bits per heavy atom. The average molecular weight is 346 g/mol. The monoisotopic (exact) mass is 346 g/mol. The Morgan fingerprint density at radius 2 is 1.78 bits per heavy atom. The van der Waals surface area contributed by atoms with Gasteiger partial charge in [-0.05, 0) is 36.2 Å². The van der Waals surface area contributed by atoms with Gasteiger partial charge in [0.15, 0.2) is 0 Å². The highest BCUT2D eigenvalue weighted by atomic mass is 32.2. The summed E-state index contributed by atoms with van der Waals surface area (Å²) in [6, 6.07) is 6.38. The van der Waals surface area contributed by atoms with Crippen molar-refractivity contribution in [2.45, 2.75) is 20.0 Å². The summed E-state index contributed by atoms with van der Waals surface area (Å²) in [5.74, 6) is -0.317. The maximum absolute atomic E-state index is 12.9. The van der Waals surface area contributed by atoms with Crippen LogP contribution >= 0.6 is 0 Å². The molecule has 23 heavy (non-hydrogen) atoms. The lowest BCUT2D eigenvalue weighted by Crippen LogP contribution is -2.21. The minimum absolute atomic E-state index is 0.100. The maximum Gasteiger partial charge on any atom is 0.416 e. The number of hydrogen-bond acceptors (Lipinski definition) is 2. The first-order valence-electron chi connectivity index (χ1n) is 6.93. The molecule has 0 fully saturated rings. The molecule has 1 N–H and O–H groups in total. The molecule has 1 heterocycles. The fourth-order valence-corrected chi connectivity index (χ4v) is 3.62. The van der Waals surface area contributed by atoms with Crippen LogP contribution in [0.3, 0.4) is 0 Å². The summed E-state index contributed by atoms with van der Waals surface area (Å²) in [5.41, 5.74) is -0.678. The lowest BCUT2D eigenvalue weighted by Gasteiger charge is -2.17. The topological polar surface area (TPSA) is 51.1 Å². The van der Waals surface area contributed by atoms with Crippen LogP contribution in [-0.4, -0.2) is 18.7 Å². The van der Waals surface area contributed by atoms with Crippen molar-refractivity contribution in [1.82, 2.24) is 4.57 Å². The predicted octanol–water partition coefficient (Wildman–Crippen LogP) is 3.89. The van der Waals surface area contributed by atoms with Crippen LogP contribution < -0.4 is 4.72 Å². The van der Waals surface area contributed by atoms with E-state index < -0.39 is 21.8 Å². The molecule has 4 nitrogen and oxygen atoms in total. The van der Waals surface area contributed by atoms with E-state index in [-0.39, 0.29) is 17.4 Å². The summed E-state index contributed by atoms with van der Waals surface area (Å²) in [6.45, 7) is 3.44. The lowest BCUT2D eigenvalue weighted by molar-refractivity contribution is -0.137. The first kappa shape index (κ1) is 17.4. The van der Waals surface area contributed by atoms with Crippen molar-refractivity contribution in [3.8, 4) is 5.69 Å². The second-order valence-electron chi connectivity index (χ2n) is 5.60. The van der Waals surface area contributed by atoms with Crippen molar-refractivity contribution in [3.63, 3.8) is 0 Å². The molecule has 0 saturated heterocycles. The molecule has 0 bridgehead atoms. The first-order valence-corrected chi connectivity index (χ1v) is 8.59. The van der Waals surface area contributed by atoms with Crippen LogP contribution in [0.1, 0.15) is 19.4 Å². The molecule has 0 amide bonds. The highest BCUT2D eigenvalue weighted by molar-refractivity contribution is 7.92. The first-order chi connectivity index (χ1) is 10.6. The van der Waals surface area contributed by atoms with Gasteiger partial charge < -0.3 is 4.57 Å². The minimum atomic E-state index is -4.55. The summed E-state index contributed by atoms with van der Waals surface area (Å²) < 4.78 is 66.7. The molecule has 2 aromatic rings. The van der Waals surface area contributed by atoms with Crippen LogP contribution in [0.4, 0.5) is 18.9 Å². The third-order valence-electron chi connectivity index (χ3n) is 3.02. The molecule has 0 aliphatic heterocycles. The molecular weight excluding hydrogens is 329 g/mol. The summed E-state index contributed by atoms with van der Waals surface area (Å²) in [4.78, 5) is 0. The Hall–Kier alpha value is -1.96. The van der Waals surface area contributed by atoms with Crippen molar-refractivity contribution in [2.24, 2.45) is 5.92 Å². The maximum atomic E-state index is 12.9. The number of sulfonamides is 1. The molecule has 8 heteroatoms. The summed E-state index contributed by atoms with van der Waals surface area (Å²) in [5, 5.41) is 0. The number of anilines is 1. The molecule has 126 valence electrons. The second-order valence-corrected chi connectivity index (χ2v) is 7.36. The highest BCUT2D eigenvalue weighted by Gasteiger charge is 2.31. The summed E-state index contributed by atoms with van der Waals surface area (Å²) in [7, 11) is -3.74. The Bertz CT molecular complexity index is 767. The van der Waals surface area contributed by atoms with Gasteiger partial charge in [0.1, 0.15) is 0 Å². The summed E-state index contributed by atoms with van der Waals surface area (Å²) >= 11 is 0. The van der Waals surface area contributed by atoms with Crippen LogP contribution in [0.5, 0.6) is 0 Å². The largest absolute Gasteiger partial charge is 0.416 e. The van der Waals surface area contributed by atoms with Gasteiger partial charge in [-0.15, -0.1) is 0 Å². The van der Waals surface area contributed by atoms with Crippen molar-refractivity contribution < 1.29 is 21.6 Å². The van der Waals surface area contributed by atoms with Crippen LogP contribution in [0, 0.1) is 5.92 Å². The fourth-order valence-electron chi connectivity index (χ4n) is 2.16. The number of hydrogen-bond donors (Lipinski definition) is 1. The second kappa shape index (κ2) is 6.27. The minimum Gasteiger partial charge on any atom is -0.322 e. The van der Waals surface area contributed by atoms with Crippen LogP contribution in [0.15, 0.2) is 42.7 Å². The van der Waals surface area contributed by atoms with Crippen LogP contribution in [0.25, 0.3) is 5.69 Å². The molecule has 0 unspecified atom stereocenters. The van der Waals surface area contributed by atoms with Gasteiger partial charge in [-0.25, -0.2) is 8.42 Å². The Balaban J connectivity index is 2.49. The Morgan fingerprint density at radius 3 is 2.30 bits per heavy atom. The van der Waals surface area contributed by atoms with E-state index in [1.165, 1.54) is 6.07 Å². The van der Waals surface area contributed by atoms with Gasteiger partial charge >= 0.3 is 6.18 Å². The number of halogens is 3. The lowest BCUT2D eigenvalue weighted by atomic mass is 10.1. The number of alkyl halides is 3. The molecule has 2 rings (SSSR count). The van der Waals surface area contributed by atoms with E-state index in [1.807, 2.05) is 0 Å². The van der Waals surface area contributed by atoms with Gasteiger partial charge in [-0.1, -0.05) is 13.8 Å². The quantitative estimate of drug-likeness (QED) is 0.893. The van der Waals surface area contributed by atoms with E-state index in [4.69, 9.17) is 0 Å². The third-order valence-corrected chi connectivity index (χ3v) is 4.66. The van der Waals surface area contributed by atoms with Gasteiger partial charge in [-0.3, -0.25) is 4.72 Å². The zero-order valence-electron chi connectivity index (χ0n) is 12.6. The van der Waals surface area contributed by atoms with E-state index in [2.05, 4.69) is 4.72 Å². The van der Waals surface area contributed by atoms with Crippen LogP contribution in [0.2, 0.25) is 0 Å². The number of nitrogens with one attached hydrogen (secondary N) is 1. The predicted molar refractivity (Wildman–Crippen MR) is 83.0 cm³/mol. The zero-order chi connectivity index (χ0) is 17.3. The van der Waals surface area contributed by atoms with Gasteiger partial charge in [0, 0.05) is 12.4 Å². The van der Waals surface area contributed by atoms with Crippen LogP contribution in [-0.2, 0) is 16.2 Å². The van der Waals surface area contributed by atoms with Gasteiger partial charge in [0.05, 0.1) is 22.7 Å². The van der Waals surface area contributed by atoms with Gasteiger partial charge in [-0.2, -0.15) is 13.2 Å². The normalized spacial score (nSPS) is 12.6. The molecule has 0 radical (unpaired) electrons. The molecule has 0 spiro atoms. The van der Waals surface area contributed by atoms with E-state index in [0.29, 0.717) is 5.69 Å². The standard InChI is InChI=1S/C15H17F3N2O2S/c1-11(2)10-23(21,22)19-13-9-12(15(16,17)18)5-6-14(13)20-7-3-4-8-20/h3-9,11,19H,10H2,1-2H3. The fraction of sp³-hybridized carbons (Fsp3) is 0.333. The zero-order valence-corrected chi connectivity index (χ0v) is 13.4. The average Bonchev–Trinajstić information content (AvgIpc) is 2.88. The Labute approximate surface area is 133 Å². The molecule has 0 aliphatic carbocycles. The number of aromatic nitrogens is 1. The molecule has 0 aliphatic rings. The van der Waals surface area contributed by atoms with E-state index in [0.717, 1.165) is 12.1 Å². The number of nitrogens with zero attached hydrogens (tertiary/aromatic N) is 1. The van der Waals surface area contributed by atoms with E-state index >= 15 is 0 Å². The van der Waals surface area contributed by atoms with Crippen molar-refractivity contribution in [2.75, 3.05) is 10.5 Å². The third kappa shape index (κ3) is 4.51.